The van der Waals surface area contributed by atoms with Crippen LogP contribution in [0.4, 0.5) is 16.3 Å². The van der Waals surface area contributed by atoms with Crippen LogP contribution in [-0.4, -0.2) is 43.9 Å². The van der Waals surface area contributed by atoms with Crippen molar-refractivity contribution in [2.45, 2.75) is 70.1 Å². The van der Waals surface area contributed by atoms with Crippen LogP contribution >= 0.6 is 0 Å². The first-order chi connectivity index (χ1) is 15.3. The van der Waals surface area contributed by atoms with Gasteiger partial charge in [-0.1, -0.05) is 12.1 Å². The van der Waals surface area contributed by atoms with Gasteiger partial charge in [0, 0.05) is 24.0 Å². The number of fused-ring (bicyclic) bond motifs is 3. The maximum Gasteiger partial charge on any atom is 0.410 e. The van der Waals surface area contributed by atoms with Crippen molar-refractivity contribution < 1.29 is 9.53 Å². The van der Waals surface area contributed by atoms with Gasteiger partial charge in [0.1, 0.15) is 11.0 Å². The molecule has 1 aromatic carbocycles. The molecule has 1 amide bonds. The van der Waals surface area contributed by atoms with Gasteiger partial charge in [0.05, 0.1) is 5.52 Å². The minimum absolute atomic E-state index is 0.177. The van der Waals surface area contributed by atoms with Gasteiger partial charge in [-0.25, -0.2) is 4.79 Å². The molecule has 3 N–H and O–H groups in total. The smallest absolute Gasteiger partial charge is 0.410 e. The fourth-order valence-corrected chi connectivity index (χ4v) is 5.11. The molecule has 3 aromatic rings. The molecule has 4 heterocycles. The number of aromatic nitrogens is 3. The summed E-state index contributed by atoms with van der Waals surface area (Å²) in [4.78, 5) is 29.5. The number of benzene rings is 1. The second kappa shape index (κ2) is 7.69. The number of nitrogens with one attached hydrogen (secondary N) is 3. The maximum absolute atomic E-state index is 12.7. The van der Waals surface area contributed by atoms with Crippen molar-refractivity contribution in [1.82, 2.24) is 20.1 Å². The lowest BCUT2D eigenvalue weighted by atomic mass is 9.85. The van der Waals surface area contributed by atoms with Crippen molar-refractivity contribution in [3.8, 4) is 0 Å². The molecular formula is C24H29N5O3. The van der Waals surface area contributed by atoms with E-state index in [1.807, 2.05) is 37.8 Å². The first-order valence-corrected chi connectivity index (χ1v) is 11.2. The van der Waals surface area contributed by atoms with Crippen molar-refractivity contribution in [1.29, 1.82) is 0 Å². The minimum Gasteiger partial charge on any atom is -0.444 e. The van der Waals surface area contributed by atoms with E-state index in [9.17, 15) is 9.59 Å². The molecule has 0 saturated carbocycles. The molecule has 2 unspecified atom stereocenters. The summed E-state index contributed by atoms with van der Waals surface area (Å²) in [6.45, 7) is 5.74. The SMILES string of the molecule is CC(C)(C)OC(=O)N1C2CCC1CC(c1ccc(Nc3n[nH]c4cc[nH]c(=O)c34)cc1)C2. The minimum atomic E-state index is -0.471. The van der Waals surface area contributed by atoms with E-state index >= 15 is 0 Å². The Hall–Kier alpha value is -3.29. The Kier molecular flexibility index (Phi) is 4.95. The summed E-state index contributed by atoms with van der Waals surface area (Å²) < 4.78 is 5.65. The zero-order chi connectivity index (χ0) is 22.5. The quantitative estimate of drug-likeness (QED) is 0.556. The normalized spacial score (nSPS) is 22.8. The van der Waals surface area contributed by atoms with Crippen LogP contribution in [0.25, 0.3) is 10.9 Å². The fraction of sp³-hybridized carbons (Fsp3) is 0.458. The molecule has 2 aliphatic heterocycles. The zero-order valence-electron chi connectivity index (χ0n) is 18.6. The molecule has 8 heteroatoms. The van der Waals surface area contributed by atoms with E-state index in [1.165, 1.54) is 5.56 Å². The Morgan fingerprint density at radius 3 is 2.47 bits per heavy atom. The fourth-order valence-electron chi connectivity index (χ4n) is 5.11. The number of rotatable bonds is 3. The van der Waals surface area contributed by atoms with E-state index in [-0.39, 0.29) is 23.7 Å². The predicted octanol–water partition coefficient (Wildman–Crippen LogP) is 4.64. The standard InChI is InChI=1S/C24H29N5O3/c1-24(2,3)32-23(31)29-17-8-9-18(29)13-15(12-17)14-4-6-16(7-5-14)26-21-20-19(27-28-21)10-11-25-22(20)30/h4-7,10-11,15,17-18H,8-9,12-13H2,1-3H3,(H,25,30)(H2,26,27,28). The summed E-state index contributed by atoms with van der Waals surface area (Å²) in [5.74, 6) is 0.938. The van der Waals surface area contributed by atoms with E-state index < -0.39 is 5.60 Å². The summed E-state index contributed by atoms with van der Waals surface area (Å²) in [5.41, 5.74) is 2.20. The van der Waals surface area contributed by atoms with Gasteiger partial charge in [0.2, 0.25) is 0 Å². The third kappa shape index (κ3) is 3.85. The summed E-state index contributed by atoms with van der Waals surface area (Å²) in [6.07, 6.45) is 5.43. The second-order valence-electron chi connectivity index (χ2n) is 9.86. The Labute approximate surface area is 186 Å². The van der Waals surface area contributed by atoms with Gasteiger partial charge in [-0.05, 0) is 76.1 Å². The molecule has 0 spiro atoms. The molecule has 168 valence electrons. The molecule has 5 rings (SSSR count). The Morgan fingerprint density at radius 1 is 1.12 bits per heavy atom. The number of piperidine rings is 1. The van der Waals surface area contributed by atoms with Crippen LogP contribution in [-0.2, 0) is 4.74 Å². The third-order valence-electron chi connectivity index (χ3n) is 6.47. The largest absolute Gasteiger partial charge is 0.444 e. The highest BCUT2D eigenvalue weighted by Crippen LogP contribution is 2.43. The molecule has 0 aliphatic carbocycles. The number of nitrogens with zero attached hydrogens (tertiary/aromatic N) is 2. The van der Waals surface area contributed by atoms with Crippen LogP contribution in [0.5, 0.6) is 0 Å². The number of hydrogen-bond acceptors (Lipinski definition) is 5. The van der Waals surface area contributed by atoms with E-state index in [2.05, 4.69) is 32.6 Å². The lowest BCUT2D eigenvalue weighted by molar-refractivity contribution is 0.00584. The van der Waals surface area contributed by atoms with Crippen LogP contribution in [0.1, 0.15) is 57.9 Å². The molecule has 2 bridgehead atoms. The summed E-state index contributed by atoms with van der Waals surface area (Å²) >= 11 is 0. The second-order valence-corrected chi connectivity index (χ2v) is 9.86. The molecule has 2 fully saturated rings. The van der Waals surface area contributed by atoms with Gasteiger partial charge in [-0.2, -0.15) is 5.10 Å². The van der Waals surface area contributed by atoms with E-state index in [4.69, 9.17) is 4.74 Å². The molecule has 32 heavy (non-hydrogen) atoms. The van der Waals surface area contributed by atoms with Crippen molar-refractivity contribution in [3.05, 3.63) is 52.4 Å². The Balaban J connectivity index is 1.28. The number of amides is 1. The highest BCUT2D eigenvalue weighted by Gasteiger charge is 2.45. The molecular weight excluding hydrogens is 406 g/mol. The summed E-state index contributed by atoms with van der Waals surface area (Å²) in [7, 11) is 0. The first kappa shape index (κ1) is 20.6. The maximum atomic E-state index is 12.7. The molecule has 2 aliphatic rings. The third-order valence-corrected chi connectivity index (χ3v) is 6.47. The van der Waals surface area contributed by atoms with Gasteiger partial charge in [0.25, 0.3) is 5.56 Å². The molecule has 2 saturated heterocycles. The number of H-pyrrole nitrogens is 2. The number of pyridine rings is 1. The van der Waals surface area contributed by atoms with Crippen LogP contribution in [0.3, 0.4) is 0 Å². The molecule has 2 aromatic heterocycles. The van der Waals surface area contributed by atoms with Crippen molar-refractivity contribution in [3.63, 3.8) is 0 Å². The van der Waals surface area contributed by atoms with Crippen LogP contribution in [0, 0.1) is 0 Å². The summed E-state index contributed by atoms with van der Waals surface area (Å²) in [6, 6.07) is 10.6. The topological polar surface area (TPSA) is 103 Å². The number of anilines is 2. The average molecular weight is 436 g/mol. The zero-order valence-corrected chi connectivity index (χ0v) is 18.6. The number of carbonyl (C=O) groups is 1. The number of hydrogen-bond donors (Lipinski definition) is 3. The van der Waals surface area contributed by atoms with Crippen molar-refractivity contribution in [2.24, 2.45) is 0 Å². The van der Waals surface area contributed by atoms with Crippen LogP contribution in [0.15, 0.2) is 41.3 Å². The first-order valence-electron chi connectivity index (χ1n) is 11.2. The molecule has 0 radical (unpaired) electrons. The lowest BCUT2D eigenvalue weighted by Crippen LogP contribution is -2.48. The van der Waals surface area contributed by atoms with Crippen LogP contribution in [0.2, 0.25) is 0 Å². The van der Waals surface area contributed by atoms with Crippen molar-refractivity contribution in [2.75, 3.05) is 5.32 Å². The average Bonchev–Trinajstić information content (AvgIpc) is 3.26. The Morgan fingerprint density at radius 2 is 1.81 bits per heavy atom. The van der Waals surface area contributed by atoms with Gasteiger partial charge in [-0.15, -0.1) is 0 Å². The number of aromatic amines is 2. The van der Waals surface area contributed by atoms with Gasteiger partial charge in [-0.3, -0.25) is 9.89 Å². The van der Waals surface area contributed by atoms with Gasteiger partial charge < -0.3 is 19.9 Å². The monoisotopic (exact) mass is 435 g/mol. The highest BCUT2D eigenvalue weighted by molar-refractivity contribution is 5.90. The van der Waals surface area contributed by atoms with Gasteiger partial charge in [0.15, 0.2) is 5.82 Å². The van der Waals surface area contributed by atoms with E-state index in [1.54, 1.807) is 12.3 Å². The Bertz CT molecular complexity index is 1180. The number of ether oxygens (including phenoxy) is 1. The van der Waals surface area contributed by atoms with Gasteiger partial charge >= 0.3 is 6.09 Å². The molecule has 8 nitrogen and oxygen atoms in total. The van der Waals surface area contributed by atoms with Crippen molar-refractivity contribution >= 4 is 28.5 Å². The van der Waals surface area contributed by atoms with Crippen LogP contribution < -0.4 is 10.9 Å². The predicted molar refractivity (Wildman–Crippen MR) is 123 cm³/mol. The number of carbonyl (C=O) groups excluding carboxylic acids is 1. The highest BCUT2D eigenvalue weighted by atomic mass is 16.6. The van der Waals surface area contributed by atoms with E-state index in [0.717, 1.165) is 31.4 Å². The summed E-state index contributed by atoms with van der Waals surface area (Å²) in [5, 5.41) is 10.9. The lowest BCUT2D eigenvalue weighted by Gasteiger charge is -2.39. The molecule has 2 atom stereocenters. The van der Waals surface area contributed by atoms with E-state index in [0.29, 0.717) is 22.6 Å².